The Morgan fingerprint density at radius 2 is 1.95 bits per heavy atom. The van der Waals surface area contributed by atoms with Crippen LogP contribution >= 0.6 is 0 Å². The first-order valence-electron chi connectivity index (χ1n) is 8.51. The molecule has 2 rings (SSSR count). The molecule has 0 fully saturated rings. The van der Waals surface area contributed by atoms with Gasteiger partial charge in [-0.1, -0.05) is 31.9 Å². The highest BCUT2D eigenvalue weighted by molar-refractivity contribution is 5.77. The molecule has 0 aliphatic carbocycles. The van der Waals surface area contributed by atoms with Crippen LogP contribution in [-0.2, 0) is 6.54 Å². The molecule has 0 amide bonds. The second-order valence-electron chi connectivity index (χ2n) is 5.91. The first kappa shape index (κ1) is 16.7. The van der Waals surface area contributed by atoms with Gasteiger partial charge in [-0.3, -0.25) is 9.36 Å². The van der Waals surface area contributed by atoms with Crippen molar-refractivity contribution in [1.29, 1.82) is 0 Å². The van der Waals surface area contributed by atoms with E-state index in [2.05, 4.69) is 19.2 Å². The maximum atomic E-state index is 12.6. The Morgan fingerprint density at radius 3 is 2.68 bits per heavy atom. The number of unbranched alkanes of at least 4 members (excludes halogenated alkanes) is 3. The molecule has 0 unspecified atom stereocenters. The molecule has 4 heteroatoms. The van der Waals surface area contributed by atoms with E-state index in [1.165, 1.54) is 25.7 Å². The molecule has 1 heterocycles. The van der Waals surface area contributed by atoms with E-state index in [0.29, 0.717) is 11.9 Å². The van der Waals surface area contributed by atoms with Gasteiger partial charge in [0.2, 0.25) is 0 Å². The first-order chi connectivity index (χ1) is 10.7. The Morgan fingerprint density at radius 1 is 1.18 bits per heavy atom. The predicted octanol–water partition coefficient (Wildman–Crippen LogP) is 2.62. The minimum Gasteiger partial charge on any atom is -0.338 e. The highest BCUT2D eigenvalue weighted by Crippen LogP contribution is 2.11. The summed E-state index contributed by atoms with van der Waals surface area (Å²) in [4.78, 5) is 17.4. The fourth-order valence-electron chi connectivity index (χ4n) is 2.88. The molecule has 0 bridgehead atoms. The van der Waals surface area contributed by atoms with Gasteiger partial charge >= 0.3 is 0 Å². The number of quaternary nitrogens is 1. The van der Waals surface area contributed by atoms with Gasteiger partial charge < -0.3 is 5.32 Å². The van der Waals surface area contributed by atoms with Crippen LogP contribution in [0.5, 0.6) is 0 Å². The number of hydrogen-bond acceptors (Lipinski definition) is 2. The van der Waals surface area contributed by atoms with Crippen LogP contribution < -0.4 is 10.9 Å². The number of benzene rings is 1. The molecule has 0 aliphatic heterocycles. The van der Waals surface area contributed by atoms with Crippen LogP contribution in [0.15, 0.2) is 29.1 Å². The molecule has 0 radical (unpaired) electrons. The van der Waals surface area contributed by atoms with Crippen LogP contribution in [0.25, 0.3) is 10.9 Å². The third kappa shape index (κ3) is 3.74. The molecule has 0 saturated heterocycles. The smallest absolute Gasteiger partial charge is 0.261 e. The summed E-state index contributed by atoms with van der Waals surface area (Å²) in [5, 5.41) is 3.02. The zero-order valence-electron chi connectivity index (χ0n) is 14.0. The zero-order valence-corrected chi connectivity index (χ0v) is 14.0. The molecular weight excluding hydrogens is 274 g/mol. The van der Waals surface area contributed by atoms with Crippen LogP contribution in [0.1, 0.15) is 58.3 Å². The van der Waals surface area contributed by atoms with E-state index >= 15 is 0 Å². The van der Waals surface area contributed by atoms with Gasteiger partial charge in [0.1, 0.15) is 6.04 Å². The number of fused-ring (bicyclic) bond motifs is 1. The highest BCUT2D eigenvalue weighted by Gasteiger charge is 2.17. The monoisotopic (exact) mass is 302 g/mol. The normalized spacial score (nSPS) is 12.7. The van der Waals surface area contributed by atoms with E-state index in [1.54, 1.807) is 0 Å². The summed E-state index contributed by atoms with van der Waals surface area (Å²) in [5.41, 5.74) is 0.882. The lowest BCUT2D eigenvalue weighted by atomic mass is 10.2. The molecule has 2 N–H and O–H groups in total. The van der Waals surface area contributed by atoms with Crippen molar-refractivity contribution in [2.24, 2.45) is 0 Å². The van der Waals surface area contributed by atoms with Gasteiger partial charge in [-0.2, -0.15) is 0 Å². The molecular formula is C18H28N3O+. The van der Waals surface area contributed by atoms with Crippen molar-refractivity contribution < 1.29 is 5.32 Å². The first-order valence-corrected chi connectivity index (χ1v) is 8.51. The second-order valence-corrected chi connectivity index (χ2v) is 5.91. The summed E-state index contributed by atoms with van der Waals surface area (Å²) < 4.78 is 1.82. The molecule has 2 aromatic rings. The van der Waals surface area contributed by atoms with Crippen molar-refractivity contribution in [2.45, 2.75) is 59.0 Å². The zero-order chi connectivity index (χ0) is 15.9. The summed E-state index contributed by atoms with van der Waals surface area (Å²) in [6.45, 7) is 8.14. The highest BCUT2D eigenvalue weighted by atomic mass is 16.1. The molecule has 120 valence electrons. The van der Waals surface area contributed by atoms with Gasteiger partial charge in [-0.05, 0) is 38.8 Å². The molecule has 0 saturated carbocycles. The Kier molecular flexibility index (Phi) is 6.13. The van der Waals surface area contributed by atoms with E-state index in [9.17, 15) is 4.79 Å². The summed E-state index contributed by atoms with van der Waals surface area (Å²) >= 11 is 0. The lowest BCUT2D eigenvalue weighted by Gasteiger charge is -2.16. The lowest BCUT2D eigenvalue weighted by molar-refractivity contribution is -0.694. The van der Waals surface area contributed by atoms with Crippen LogP contribution in [0.3, 0.4) is 0 Å². The van der Waals surface area contributed by atoms with Crippen molar-refractivity contribution in [3.8, 4) is 0 Å². The minimum absolute atomic E-state index is 0.0781. The SMILES string of the molecule is CCCCCC[NH2+][C@@H](C)c1nc2ccccc2c(=O)n1CC. The average Bonchev–Trinajstić information content (AvgIpc) is 2.54. The number of rotatable bonds is 8. The number of hydrogen-bond donors (Lipinski definition) is 1. The number of nitrogens with zero attached hydrogens (tertiary/aromatic N) is 2. The standard InChI is InChI=1S/C18H27N3O/c1-4-6-7-10-13-19-14(3)17-20-16-12-9-8-11-15(16)18(22)21(17)5-2/h8-9,11-12,14,19H,4-7,10,13H2,1-3H3/p+1/t14-/m0/s1. The van der Waals surface area contributed by atoms with Crippen LogP contribution in [0, 0.1) is 0 Å². The van der Waals surface area contributed by atoms with E-state index in [4.69, 9.17) is 4.98 Å². The van der Waals surface area contributed by atoms with E-state index < -0.39 is 0 Å². The summed E-state index contributed by atoms with van der Waals surface area (Å²) in [5.74, 6) is 0.890. The summed E-state index contributed by atoms with van der Waals surface area (Å²) in [6.07, 6.45) is 5.07. The summed E-state index contributed by atoms with van der Waals surface area (Å²) in [6, 6.07) is 7.83. The molecule has 1 atom stereocenters. The van der Waals surface area contributed by atoms with Gasteiger partial charge in [0.25, 0.3) is 5.56 Å². The average molecular weight is 302 g/mol. The maximum Gasteiger partial charge on any atom is 0.261 e. The van der Waals surface area contributed by atoms with Gasteiger partial charge in [-0.15, -0.1) is 0 Å². The summed E-state index contributed by atoms with van der Waals surface area (Å²) in [7, 11) is 0. The number of nitrogens with two attached hydrogens (primary N) is 1. The topological polar surface area (TPSA) is 51.5 Å². The van der Waals surface area contributed by atoms with Crippen LogP contribution in [0.2, 0.25) is 0 Å². The van der Waals surface area contributed by atoms with E-state index in [0.717, 1.165) is 17.9 Å². The maximum absolute atomic E-state index is 12.6. The van der Waals surface area contributed by atoms with E-state index in [1.807, 2.05) is 35.8 Å². The Bertz CT molecular complexity index is 663. The van der Waals surface area contributed by atoms with Crippen molar-refractivity contribution >= 4 is 10.9 Å². The Labute approximate surface area is 132 Å². The Hall–Kier alpha value is -1.68. The largest absolute Gasteiger partial charge is 0.338 e. The third-order valence-electron chi connectivity index (χ3n) is 4.19. The van der Waals surface area contributed by atoms with Crippen molar-refractivity contribution in [3.63, 3.8) is 0 Å². The number of aromatic nitrogens is 2. The fraction of sp³-hybridized carbons (Fsp3) is 0.556. The quantitative estimate of drug-likeness (QED) is 0.762. The number of para-hydroxylation sites is 1. The molecule has 1 aromatic heterocycles. The predicted molar refractivity (Wildman–Crippen MR) is 91.0 cm³/mol. The van der Waals surface area contributed by atoms with Crippen molar-refractivity contribution in [2.75, 3.05) is 6.54 Å². The minimum atomic E-state index is 0.0781. The van der Waals surface area contributed by atoms with Crippen molar-refractivity contribution in [3.05, 3.63) is 40.4 Å². The molecule has 22 heavy (non-hydrogen) atoms. The molecule has 4 nitrogen and oxygen atoms in total. The third-order valence-corrected chi connectivity index (χ3v) is 4.19. The fourth-order valence-corrected chi connectivity index (χ4v) is 2.88. The van der Waals surface area contributed by atoms with Crippen LogP contribution in [0.4, 0.5) is 0 Å². The van der Waals surface area contributed by atoms with Gasteiger partial charge in [-0.25, -0.2) is 4.98 Å². The second kappa shape index (κ2) is 8.08. The van der Waals surface area contributed by atoms with Gasteiger partial charge in [0.05, 0.1) is 17.4 Å². The van der Waals surface area contributed by atoms with Gasteiger partial charge in [0.15, 0.2) is 5.82 Å². The van der Waals surface area contributed by atoms with Crippen molar-refractivity contribution in [1.82, 2.24) is 9.55 Å². The molecule has 0 spiro atoms. The van der Waals surface area contributed by atoms with Crippen LogP contribution in [-0.4, -0.2) is 16.1 Å². The molecule has 1 aromatic carbocycles. The molecule has 0 aliphatic rings. The lowest BCUT2D eigenvalue weighted by Crippen LogP contribution is -2.85. The Balaban J connectivity index is 2.20. The van der Waals surface area contributed by atoms with E-state index in [-0.39, 0.29) is 11.6 Å². The van der Waals surface area contributed by atoms with Gasteiger partial charge in [0, 0.05) is 6.54 Å².